The zero-order chi connectivity index (χ0) is 22.8. The van der Waals surface area contributed by atoms with Crippen molar-refractivity contribution in [3.8, 4) is 5.75 Å². The minimum absolute atomic E-state index is 0.270. The Hall–Kier alpha value is -3.61. The van der Waals surface area contributed by atoms with E-state index in [4.69, 9.17) is 14.7 Å². The Morgan fingerprint density at radius 2 is 1.82 bits per heavy atom. The molecule has 0 amide bonds. The van der Waals surface area contributed by atoms with E-state index in [0.29, 0.717) is 0 Å². The van der Waals surface area contributed by atoms with E-state index in [9.17, 15) is 0 Å². The SMILES string of the molecule is COc1ccc(CCNc2nc(N3CCc4ccccc4C3)nc3c2ncn3C(C)C)cc1. The fourth-order valence-electron chi connectivity index (χ4n) is 4.33. The van der Waals surface area contributed by atoms with Crippen LogP contribution in [-0.2, 0) is 19.4 Å². The highest BCUT2D eigenvalue weighted by atomic mass is 16.5. The average molecular weight is 443 g/mol. The van der Waals surface area contributed by atoms with Crippen molar-refractivity contribution in [3.05, 3.63) is 71.5 Å². The minimum atomic E-state index is 0.270. The summed E-state index contributed by atoms with van der Waals surface area (Å²) >= 11 is 0. The van der Waals surface area contributed by atoms with Crippen molar-refractivity contribution in [2.24, 2.45) is 0 Å². The van der Waals surface area contributed by atoms with Gasteiger partial charge < -0.3 is 19.5 Å². The van der Waals surface area contributed by atoms with Gasteiger partial charge in [0.2, 0.25) is 5.95 Å². The van der Waals surface area contributed by atoms with E-state index in [0.717, 1.165) is 61.2 Å². The van der Waals surface area contributed by atoms with Crippen LogP contribution in [0.25, 0.3) is 11.2 Å². The van der Waals surface area contributed by atoms with E-state index in [1.54, 1.807) is 7.11 Å². The molecular formula is C26H30N6O. The van der Waals surface area contributed by atoms with Crippen LogP contribution < -0.4 is 15.0 Å². The van der Waals surface area contributed by atoms with E-state index in [1.807, 2.05) is 18.5 Å². The smallest absolute Gasteiger partial charge is 0.229 e. The quantitative estimate of drug-likeness (QED) is 0.450. The molecular weight excluding hydrogens is 412 g/mol. The predicted octanol–water partition coefficient (Wildman–Crippen LogP) is 4.63. The third-order valence-corrected chi connectivity index (χ3v) is 6.24. The third-order valence-electron chi connectivity index (χ3n) is 6.24. The van der Waals surface area contributed by atoms with Crippen molar-refractivity contribution in [2.75, 3.05) is 30.4 Å². The van der Waals surface area contributed by atoms with E-state index < -0.39 is 0 Å². The number of rotatable bonds is 7. The van der Waals surface area contributed by atoms with Gasteiger partial charge in [-0.05, 0) is 55.5 Å². The molecule has 1 N–H and O–H groups in total. The van der Waals surface area contributed by atoms with Gasteiger partial charge in [-0.25, -0.2) is 4.98 Å². The van der Waals surface area contributed by atoms with Gasteiger partial charge in [-0.15, -0.1) is 0 Å². The molecule has 1 aliphatic heterocycles. The predicted molar refractivity (Wildman–Crippen MR) is 132 cm³/mol. The van der Waals surface area contributed by atoms with Gasteiger partial charge in [0.1, 0.15) is 5.75 Å². The number of anilines is 2. The number of nitrogens with zero attached hydrogens (tertiary/aromatic N) is 5. The maximum atomic E-state index is 5.26. The number of benzene rings is 2. The van der Waals surface area contributed by atoms with Crippen LogP contribution in [0.1, 0.15) is 36.6 Å². The zero-order valence-electron chi connectivity index (χ0n) is 19.5. The van der Waals surface area contributed by atoms with Crippen molar-refractivity contribution < 1.29 is 4.74 Å². The van der Waals surface area contributed by atoms with Gasteiger partial charge in [-0.3, -0.25) is 0 Å². The van der Waals surface area contributed by atoms with Gasteiger partial charge >= 0.3 is 0 Å². The molecule has 0 saturated carbocycles. The van der Waals surface area contributed by atoms with Gasteiger partial charge in [0, 0.05) is 25.7 Å². The molecule has 170 valence electrons. The van der Waals surface area contributed by atoms with Crippen LogP contribution in [-0.4, -0.2) is 39.7 Å². The number of hydrogen-bond donors (Lipinski definition) is 1. The number of ether oxygens (including phenoxy) is 1. The second-order valence-electron chi connectivity index (χ2n) is 8.76. The lowest BCUT2D eigenvalue weighted by Gasteiger charge is -2.29. The Morgan fingerprint density at radius 1 is 1.03 bits per heavy atom. The molecule has 0 aliphatic carbocycles. The summed E-state index contributed by atoms with van der Waals surface area (Å²) in [4.78, 5) is 16.8. The Kier molecular flexibility index (Phi) is 5.86. The first-order valence-electron chi connectivity index (χ1n) is 11.6. The molecule has 3 heterocycles. The first kappa shape index (κ1) is 21.2. The minimum Gasteiger partial charge on any atom is -0.497 e. The Morgan fingerprint density at radius 3 is 2.58 bits per heavy atom. The second-order valence-corrected chi connectivity index (χ2v) is 8.76. The van der Waals surface area contributed by atoms with Gasteiger partial charge in [-0.1, -0.05) is 36.4 Å². The molecule has 0 bridgehead atoms. The van der Waals surface area contributed by atoms with E-state index in [1.165, 1.54) is 16.7 Å². The molecule has 2 aromatic heterocycles. The summed E-state index contributed by atoms with van der Waals surface area (Å²) in [6.45, 7) is 6.79. The zero-order valence-corrected chi connectivity index (χ0v) is 19.5. The monoisotopic (exact) mass is 442 g/mol. The van der Waals surface area contributed by atoms with Crippen LogP contribution in [0.4, 0.5) is 11.8 Å². The molecule has 0 atom stereocenters. The summed E-state index contributed by atoms with van der Waals surface area (Å²) in [7, 11) is 1.69. The Labute approximate surface area is 194 Å². The van der Waals surface area contributed by atoms with Crippen molar-refractivity contribution in [1.29, 1.82) is 0 Å². The van der Waals surface area contributed by atoms with E-state index in [-0.39, 0.29) is 6.04 Å². The molecule has 33 heavy (non-hydrogen) atoms. The molecule has 4 aromatic rings. The third kappa shape index (κ3) is 4.35. The molecule has 0 fully saturated rings. The molecule has 0 spiro atoms. The summed E-state index contributed by atoms with van der Waals surface area (Å²) < 4.78 is 7.38. The van der Waals surface area contributed by atoms with Gasteiger partial charge in [0.25, 0.3) is 0 Å². The van der Waals surface area contributed by atoms with E-state index in [2.05, 4.69) is 70.0 Å². The Balaban J connectivity index is 1.42. The van der Waals surface area contributed by atoms with Crippen LogP contribution in [0, 0.1) is 0 Å². The Bertz CT molecular complexity index is 1250. The summed E-state index contributed by atoms with van der Waals surface area (Å²) in [5, 5.41) is 3.53. The van der Waals surface area contributed by atoms with Crippen molar-refractivity contribution >= 4 is 22.9 Å². The molecule has 5 rings (SSSR count). The first-order valence-corrected chi connectivity index (χ1v) is 11.6. The molecule has 0 radical (unpaired) electrons. The summed E-state index contributed by atoms with van der Waals surface area (Å²) in [5.74, 6) is 2.42. The number of fused-ring (bicyclic) bond motifs is 2. The van der Waals surface area contributed by atoms with Gasteiger partial charge in [0.05, 0.1) is 13.4 Å². The molecule has 2 aromatic carbocycles. The molecule has 0 unspecified atom stereocenters. The number of imidazole rings is 1. The highest BCUT2D eigenvalue weighted by Crippen LogP contribution is 2.28. The van der Waals surface area contributed by atoms with Crippen LogP contribution in [0.2, 0.25) is 0 Å². The lowest BCUT2D eigenvalue weighted by molar-refractivity contribution is 0.414. The number of methoxy groups -OCH3 is 1. The maximum absolute atomic E-state index is 5.26. The molecule has 1 aliphatic rings. The van der Waals surface area contributed by atoms with Crippen molar-refractivity contribution in [2.45, 2.75) is 39.3 Å². The van der Waals surface area contributed by atoms with Crippen molar-refractivity contribution in [3.63, 3.8) is 0 Å². The average Bonchev–Trinajstić information content (AvgIpc) is 3.29. The maximum Gasteiger partial charge on any atom is 0.229 e. The number of nitrogens with one attached hydrogen (secondary N) is 1. The fourth-order valence-corrected chi connectivity index (χ4v) is 4.33. The molecule has 7 nitrogen and oxygen atoms in total. The second kappa shape index (κ2) is 9.10. The van der Waals surface area contributed by atoms with Crippen LogP contribution in [0.3, 0.4) is 0 Å². The highest BCUT2D eigenvalue weighted by Gasteiger charge is 2.22. The standard InChI is InChI=1S/C26H30N6O/c1-18(2)32-17-28-23-24(27-14-12-19-8-10-22(33-3)11-9-19)29-26(30-25(23)32)31-15-13-20-6-4-5-7-21(20)16-31/h4-11,17-18H,12-16H2,1-3H3,(H,27,29,30). The van der Waals surface area contributed by atoms with Gasteiger partial charge in [-0.2, -0.15) is 9.97 Å². The van der Waals surface area contributed by atoms with Crippen LogP contribution in [0.5, 0.6) is 5.75 Å². The number of aromatic nitrogens is 4. The molecule has 7 heteroatoms. The summed E-state index contributed by atoms with van der Waals surface area (Å²) in [6, 6.07) is 17.1. The molecule has 0 saturated heterocycles. The summed E-state index contributed by atoms with van der Waals surface area (Å²) in [6.07, 6.45) is 3.75. The summed E-state index contributed by atoms with van der Waals surface area (Å²) in [5.41, 5.74) is 5.70. The lowest BCUT2D eigenvalue weighted by Crippen LogP contribution is -2.32. The first-order chi connectivity index (χ1) is 16.1. The lowest BCUT2D eigenvalue weighted by atomic mass is 10.0. The normalized spacial score (nSPS) is 13.4. The topological polar surface area (TPSA) is 68.1 Å². The number of hydrogen-bond acceptors (Lipinski definition) is 6. The van der Waals surface area contributed by atoms with Gasteiger partial charge in [0.15, 0.2) is 17.0 Å². The largest absolute Gasteiger partial charge is 0.497 e. The fraction of sp³-hybridized carbons (Fsp3) is 0.346. The highest BCUT2D eigenvalue weighted by molar-refractivity contribution is 5.84. The van der Waals surface area contributed by atoms with E-state index >= 15 is 0 Å². The van der Waals surface area contributed by atoms with Crippen LogP contribution >= 0.6 is 0 Å². The van der Waals surface area contributed by atoms with Crippen molar-refractivity contribution in [1.82, 2.24) is 19.5 Å². The van der Waals surface area contributed by atoms with Crippen LogP contribution in [0.15, 0.2) is 54.9 Å².